The first-order chi connectivity index (χ1) is 5.88. The van der Waals surface area contributed by atoms with Crippen LogP contribution >= 0.6 is 0 Å². The SMILES string of the molecule is [B]c1cnn(C(=O)OC(C)(C)C)c1. The van der Waals surface area contributed by atoms with Crippen molar-refractivity contribution in [2.75, 3.05) is 0 Å². The molecule has 0 aliphatic rings. The second-order valence-corrected chi connectivity index (χ2v) is 3.70. The molecule has 5 heteroatoms. The third-order valence-electron chi connectivity index (χ3n) is 1.18. The number of rotatable bonds is 0. The number of aromatic nitrogens is 2. The monoisotopic (exact) mass is 178 g/mol. The summed E-state index contributed by atoms with van der Waals surface area (Å²) in [6, 6.07) is 0. The normalized spacial score (nSPS) is 11.3. The van der Waals surface area contributed by atoms with E-state index in [9.17, 15) is 4.79 Å². The molecule has 0 fully saturated rings. The molecule has 0 atom stereocenters. The van der Waals surface area contributed by atoms with Crippen LogP contribution < -0.4 is 5.46 Å². The summed E-state index contributed by atoms with van der Waals surface area (Å²) < 4.78 is 6.11. The highest BCUT2D eigenvalue weighted by atomic mass is 16.6. The molecule has 4 nitrogen and oxygen atoms in total. The number of carbonyl (C=O) groups excluding carboxylic acids is 1. The first-order valence-electron chi connectivity index (χ1n) is 3.92. The molecule has 0 aliphatic carbocycles. The zero-order valence-corrected chi connectivity index (χ0v) is 7.94. The highest BCUT2D eigenvalue weighted by Crippen LogP contribution is 2.07. The van der Waals surface area contributed by atoms with Gasteiger partial charge < -0.3 is 4.74 Å². The van der Waals surface area contributed by atoms with Crippen molar-refractivity contribution in [2.24, 2.45) is 0 Å². The second kappa shape index (κ2) is 3.24. The minimum Gasteiger partial charge on any atom is -0.442 e. The molecule has 0 aromatic carbocycles. The van der Waals surface area contributed by atoms with Crippen LogP contribution in [0.2, 0.25) is 0 Å². The predicted molar refractivity (Wildman–Crippen MR) is 49.2 cm³/mol. The van der Waals surface area contributed by atoms with Crippen molar-refractivity contribution in [3.8, 4) is 0 Å². The first-order valence-corrected chi connectivity index (χ1v) is 3.92. The Kier molecular flexibility index (Phi) is 2.45. The molecule has 0 spiro atoms. The van der Waals surface area contributed by atoms with Crippen molar-refractivity contribution >= 4 is 19.4 Å². The Hall–Kier alpha value is -1.26. The van der Waals surface area contributed by atoms with E-state index < -0.39 is 11.7 Å². The lowest BCUT2D eigenvalue weighted by Crippen LogP contribution is -2.27. The molecule has 0 saturated heterocycles. The fraction of sp³-hybridized carbons (Fsp3) is 0.500. The summed E-state index contributed by atoms with van der Waals surface area (Å²) in [5.41, 5.74) is -0.0801. The topological polar surface area (TPSA) is 44.1 Å². The van der Waals surface area contributed by atoms with Crippen molar-refractivity contribution in [1.29, 1.82) is 0 Å². The lowest BCUT2D eigenvalue weighted by Gasteiger charge is -2.18. The van der Waals surface area contributed by atoms with Crippen LogP contribution in [-0.2, 0) is 4.74 Å². The van der Waals surface area contributed by atoms with Crippen LogP contribution in [0.25, 0.3) is 0 Å². The lowest BCUT2D eigenvalue weighted by molar-refractivity contribution is 0.0514. The third kappa shape index (κ3) is 2.93. The van der Waals surface area contributed by atoms with Crippen molar-refractivity contribution in [3.05, 3.63) is 12.4 Å². The zero-order valence-electron chi connectivity index (χ0n) is 7.94. The van der Waals surface area contributed by atoms with Crippen LogP contribution in [0.5, 0.6) is 0 Å². The molecule has 0 saturated carbocycles. The Morgan fingerprint density at radius 3 is 2.62 bits per heavy atom. The number of ether oxygens (including phenoxy) is 1. The molecule has 13 heavy (non-hydrogen) atoms. The van der Waals surface area contributed by atoms with Gasteiger partial charge in [-0.25, -0.2) is 4.79 Å². The van der Waals surface area contributed by atoms with Crippen LogP contribution in [0.4, 0.5) is 4.79 Å². The van der Waals surface area contributed by atoms with Gasteiger partial charge in [-0.15, -0.1) is 0 Å². The number of hydrogen-bond acceptors (Lipinski definition) is 3. The van der Waals surface area contributed by atoms with E-state index in [4.69, 9.17) is 12.6 Å². The summed E-state index contributed by atoms with van der Waals surface area (Å²) in [6.45, 7) is 5.37. The van der Waals surface area contributed by atoms with E-state index in [1.54, 1.807) is 20.8 Å². The van der Waals surface area contributed by atoms with Crippen molar-refractivity contribution in [1.82, 2.24) is 9.78 Å². The molecule has 0 amide bonds. The molecular weight excluding hydrogens is 167 g/mol. The Labute approximate surface area is 78.3 Å². The van der Waals surface area contributed by atoms with Crippen molar-refractivity contribution < 1.29 is 9.53 Å². The largest absolute Gasteiger partial charge is 0.442 e. The van der Waals surface area contributed by atoms with E-state index in [0.717, 1.165) is 4.68 Å². The maximum Gasteiger partial charge on any atom is 0.435 e. The first kappa shape index (κ1) is 9.83. The third-order valence-corrected chi connectivity index (χ3v) is 1.18. The van der Waals surface area contributed by atoms with Crippen LogP contribution in [0.1, 0.15) is 20.8 Å². The average Bonchev–Trinajstić information content (AvgIpc) is 2.31. The Balaban J connectivity index is 2.70. The van der Waals surface area contributed by atoms with E-state index in [1.807, 2.05) is 0 Å². The van der Waals surface area contributed by atoms with Gasteiger partial charge in [-0.1, -0.05) is 5.46 Å². The van der Waals surface area contributed by atoms with Gasteiger partial charge in [0.1, 0.15) is 13.4 Å². The summed E-state index contributed by atoms with van der Waals surface area (Å²) in [6.07, 6.45) is 2.28. The van der Waals surface area contributed by atoms with Gasteiger partial charge in [-0.2, -0.15) is 9.78 Å². The van der Waals surface area contributed by atoms with Gasteiger partial charge in [0, 0.05) is 12.4 Å². The molecule has 1 rings (SSSR count). The highest BCUT2D eigenvalue weighted by molar-refractivity contribution is 6.32. The summed E-state index contributed by atoms with van der Waals surface area (Å²) in [7, 11) is 5.39. The maximum absolute atomic E-state index is 11.3. The van der Waals surface area contributed by atoms with Gasteiger partial charge in [-0.05, 0) is 20.8 Å². The van der Waals surface area contributed by atoms with Crippen LogP contribution in [0, 0.1) is 0 Å². The molecule has 1 aromatic heterocycles. The Morgan fingerprint density at radius 2 is 2.23 bits per heavy atom. The highest BCUT2D eigenvalue weighted by Gasteiger charge is 2.17. The molecular formula is C8H11BN2O2. The molecule has 0 aliphatic heterocycles. The lowest BCUT2D eigenvalue weighted by atomic mass is 10.0. The second-order valence-electron chi connectivity index (χ2n) is 3.70. The van der Waals surface area contributed by atoms with Crippen LogP contribution in [0.15, 0.2) is 12.4 Å². The quantitative estimate of drug-likeness (QED) is 0.542. The minimum absolute atomic E-state index is 0.436. The van der Waals surface area contributed by atoms with E-state index in [0.29, 0.717) is 5.46 Å². The van der Waals surface area contributed by atoms with Gasteiger partial charge in [0.15, 0.2) is 0 Å². The molecule has 1 heterocycles. The summed E-state index contributed by atoms with van der Waals surface area (Å²) in [4.78, 5) is 11.3. The molecule has 68 valence electrons. The smallest absolute Gasteiger partial charge is 0.435 e. The Bertz CT molecular complexity index is 314. The molecule has 0 N–H and O–H groups in total. The van der Waals surface area contributed by atoms with Crippen molar-refractivity contribution in [2.45, 2.75) is 26.4 Å². The van der Waals surface area contributed by atoms with Gasteiger partial charge >= 0.3 is 6.09 Å². The summed E-state index contributed by atoms with van der Waals surface area (Å²) in [5.74, 6) is 0. The maximum atomic E-state index is 11.3. The molecule has 0 unspecified atom stereocenters. The fourth-order valence-corrected chi connectivity index (χ4v) is 0.745. The van der Waals surface area contributed by atoms with E-state index >= 15 is 0 Å². The number of nitrogens with zero attached hydrogens (tertiary/aromatic N) is 2. The van der Waals surface area contributed by atoms with E-state index in [-0.39, 0.29) is 0 Å². The zero-order chi connectivity index (χ0) is 10.1. The predicted octanol–water partition coefficient (Wildman–Crippen LogP) is 0.460. The summed E-state index contributed by atoms with van der Waals surface area (Å²) >= 11 is 0. The summed E-state index contributed by atoms with van der Waals surface area (Å²) in [5, 5.41) is 3.72. The van der Waals surface area contributed by atoms with Gasteiger partial charge in [0.25, 0.3) is 0 Å². The minimum atomic E-state index is -0.524. The van der Waals surface area contributed by atoms with Gasteiger partial charge in [0.2, 0.25) is 0 Å². The Morgan fingerprint density at radius 1 is 1.62 bits per heavy atom. The van der Waals surface area contributed by atoms with E-state index in [2.05, 4.69) is 5.10 Å². The van der Waals surface area contributed by atoms with Gasteiger partial charge in [0.05, 0.1) is 0 Å². The fourth-order valence-electron chi connectivity index (χ4n) is 0.745. The van der Waals surface area contributed by atoms with Crippen LogP contribution in [0.3, 0.4) is 0 Å². The number of hydrogen-bond donors (Lipinski definition) is 0. The van der Waals surface area contributed by atoms with Gasteiger partial charge in [-0.3, -0.25) is 0 Å². The standard InChI is InChI=1S/C8H11BN2O2/c1-8(2,3)13-7(12)11-5-6(9)4-10-11/h4-5H,1-3H3. The average molecular weight is 178 g/mol. The van der Waals surface area contributed by atoms with Crippen LogP contribution in [-0.4, -0.2) is 29.3 Å². The van der Waals surface area contributed by atoms with Crippen molar-refractivity contribution in [3.63, 3.8) is 0 Å². The number of carbonyl (C=O) groups is 1. The molecule has 2 radical (unpaired) electrons. The molecule has 0 bridgehead atoms. The van der Waals surface area contributed by atoms with E-state index in [1.165, 1.54) is 12.4 Å². The molecule has 1 aromatic rings.